The Hall–Kier alpha value is -9.54. The highest BCUT2D eigenvalue weighted by molar-refractivity contribution is 6.02. The summed E-state index contributed by atoms with van der Waals surface area (Å²) in [4.78, 5) is 23.6. The molecule has 6 aliphatic heterocycles. The lowest BCUT2D eigenvalue weighted by molar-refractivity contribution is -0.271. The Morgan fingerprint density at radius 3 is 1.01 bits per heavy atom. The number of epoxide rings is 2. The highest BCUT2D eigenvalue weighted by Gasteiger charge is 2.56. The summed E-state index contributed by atoms with van der Waals surface area (Å²) in [5.41, 5.74) is 7.65. The second kappa shape index (κ2) is 27.5. The number of hydrogen-bond acceptors (Lipinski definition) is 20. The van der Waals surface area contributed by atoms with E-state index in [9.17, 15) is 9.59 Å². The Labute approximate surface area is 601 Å². The van der Waals surface area contributed by atoms with Crippen molar-refractivity contribution in [3.05, 3.63) is 189 Å². The third-order valence-corrected chi connectivity index (χ3v) is 20.6. The number of hydrogen-bond donors (Lipinski definition) is 0. The fraction of sp³-hybridized carbons (Fsp3) is 0.405. The van der Waals surface area contributed by atoms with Gasteiger partial charge in [-0.25, -0.2) is 9.59 Å². The van der Waals surface area contributed by atoms with Gasteiger partial charge in [-0.3, -0.25) is 0 Å². The van der Waals surface area contributed by atoms with Gasteiger partial charge in [0.25, 0.3) is 0 Å². The molecule has 6 aliphatic rings. The number of rotatable bonds is 24. The summed E-state index contributed by atoms with van der Waals surface area (Å²) >= 11 is 0. The molecule has 20 nitrogen and oxygen atoms in total. The average Bonchev–Trinajstić information content (AvgIpc) is 1.53. The van der Waals surface area contributed by atoms with E-state index >= 15 is 0 Å². The van der Waals surface area contributed by atoms with Gasteiger partial charge in [-0.2, -0.15) is 0 Å². The Balaban J connectivity index is 0.000000167. The summed E-state index contributed by atoms with van der Waals surface area (Å²) in [7, 11) is 0. The van der Waals surface area contributed by atoms with E-state index in [-0.39, 0.29) is 23.4 Å². The molecule has 10 aromatic rings. The molecule has 4 fully saturated rings. The molecular formula is C84H88O20. The van der Waals surface area contributed by atoms with Crippen molar-refractivity contribution in [1.82, 2.24) is 0 Å². The Bertz CT molecular complexity index is 4920. The first kappa shape index (κ1) is 70.1. The molecule has 0 radical (unpaired) electrons. The SMILES string of the molecule is C/C(=C\COc1c2c(cc3occc13)O[C@@]1(C=C2)OC(CC/C(C)=C/COc2c3ccoc3cc3oc(=O)ccc23)C(C)(C)O1)CCC1OC1(C)C.C/C(=C\COc1c2c(cc3occc13)O[C@]1(C=C2)OC(CC/C(C)=C/COc2c3ccoc3cc3oc(=O)ccc23)C(C)(C)O1)CCC1OC1(C)C. The summed E-state index contributed by atoms with van der Waals surface area (Å²) in [5, 5.41) is 4.81. The minimum absolute atomic E-state index is 0.00205. The van der Waals surface area contributed by atoms with Crippen LogP contribution in [0.1, 0.15) is 146 Å². The first-order valence-electron chi connectivity index (χ1n) is 35.8. The minimum atomic E-state index is -1.38. The van der Waals surface area contributed by atoms with Crippen molar-refractivity contribution in [3.63, 3.8) is 0 Å². The van der Waals surface area contributed by atoms with E-state index in [4.69, 9.17) is 83.3 Å². The van der Waals surface area contributed by atoms with Crippen molar-refractivity contribution in [3.8, 4) is 34.5 Å². The van der Waals surface area contributed by atoms with Crippen LogP contribution in [0, 0.1) is 0 Å². The molecule has 0 amide bonds. The van der Waals surface area contributed by atoms with E-state index in [1.54, 1.807) is 49.3 Å². The fourth-order valence-electron chi connectivity index (χ4n) is 14.3. The third-order valence-electron chi connectivity index (χ3n) is 20.6. The maximum atomic E-state index is 11.8. The van der Waals surface area contributed by atoms with Gasteiger partial charge < -0.3 is 83.3 Å². The molecule has 16 rings (SSSR count). The predicted molar refractivity (Wildman–Crippen MR) is 394 cm³/mol. The van der Waals surface area contributed by atoms with Crippen molar-refractivity contribution in [2.75, 3.05) is 26.4 Å². The molecule has 2 spiro atoms. The number of benzene rings is 4. The lowest BCUT2D eigenvalue weighted by Crippen LogP contribution is -2.39. The van der Waals surface area contributed by atoms with Crippen molar-refractivity contribution >= 4 is 78.0 Å². The third kappa shape index (κ3) is 14.6. The van der Waals surface area contributed by atoms with Gasteiger partial charge in [-0.05, 0) is 207 Å². The zero-order valence-electron chi connectivity index (χ0n) is 60.8. The molecule has 544 valence electrons. The maximum Gasteiger partial charge on any atom is 0.350 e. The van der Waals surface area contributed by atoms with Gasteiger partial charge in [0.05, 0.1) is 115 Å². The van der Waals surface area contributed by atoms with Crippen LogP contribution in [0.5, 0.6) is 34.5 Å². The quantitative estimate of drug-likeness (QED) is 0.0311. The van der Waals surface area contributed by atoms with Crippen LogP contribution in [-0.4, -0.2) is 85.2 Å². The molecule has 12 heterocycles. The molecule has 4 unspecified atom stereocenters. The van der Waals surface area contributed by atoms with E-state index < -0.39 is 34.4 Å². The highest BCUT2D eigenvalue weighted by Crippen LogP contribution is 2.51. The Morgan fingerprint density at radius 2 is 0.673 bits per heavy atom. The predicted octanol–water partition coefficient (Wildman–Crippen LogP) is 19.3. The number of fused-ring (bicyclic) bond motifs is 8. The summed E-state index contributed by atoms with van der Waals surface area (Å²) in [5.74, 6) is 0.990. The second-order valence-corrected chi connectivity index (χ2v) is 30.0. The maximum absolute atomic E-state index is 11.8. The van der Waals surface area contributed by atoms with Gasteiger partial charge in [0.15, 0.2) is 0 Å². The molecular weight excluding hydrogens is 1330 g/mol. The van der Waals surface area contributed by atoms with Crippen LogP contribution in [-0.2, 0) is 28.4 Å². The molecule has 0 saturated carbocycles. The van der Waals surface area contributed by atoms with E-state index in [1.807, 2.05) is 101 Å². The van der Waals surface area contributed by atoms with Crippen LogP contribution in [0.4, 0.5) is 0 Å². The van der Waals surface area contributed by atoms with E-state index in [0.29, 0.717) is 130 Å². The van der Waals surface area contributed by atoms with Gasteiger partial charge in [0, 0.05) is 48.6 Å². The zero-order valence-corrected chi connectivity index (χ0v) is 60.8. The molecule has 6 aromatic heterocycles. The smallest absolute Gasteiger partial charge is 0.350 e. The average molecular weight is 1420 g/mol. The van der Waals surface area contributed by atoms with Crippen LogP contribution in [0.2, 0.25) is 0 Å². The zero-order chi connectivity index (χ0) is 72.5. The van der Waals surface area contributed by atoms with E-state index in [1.165, 1.54) is 23.3 Å². The molecule has 6 atom stereocenters. The summed E-state index contributed by atoms with van der Waals surface area (Å²) < 4.78 is 109. The minimum Gasteiger partial charge on any atom is -0.488 e. The van der Waals surface area contributed by atoms with Crippen molar-refractivity contribution in [2.45, 2.75) is 193 Å². The first-order chi connectivity index (χ1) is 49.8. The number of allylic oxidation sites excluding steroid dienone is 4. The highest BCUT2D eigenvalue weighted by atomic mass is 16.9. The molecule has 0 aliphatic carbocycles. The van der Waals surface area contributed by atoms with Crippen molar-refractivity contribution in [2.24, 2.45) is 0 Å². The van der Waals surface area contributed by atoms with Crippen LogP contribution in [0.3, 0.4) is 0 Å². The molecule has 0 bridgehead atoms. The summed E-state index contributed by atoms with van der Waals surface area (Å²) in [6, 6.07) is 20.9. The number of furan rings is 4. The molecule has 4 saturated heterocycles. The normalized spacial score (nSPS) is 23.4. The van der Waals surface area contributed by atoms with Crippen LogP contribution in [0.15, 0.2) is 193 Å². The lowest BCUT2D eigenvalue weighted by Gasteiger charge is -2.30. The topological polar surface area (TPSA) is 230 Å². The van der Waals surface area contributed by atoms with Gasteiger partial charge in [0.2, 0.25) is 0 Å². The standard InChI is InChI=1S/2C42H44O10/c2*1-25(7-10-35-40(3,4)50-35)15-20-47-39-28-13-18-42(49-34(28)24-32-30(39)17-22-45-32)51-36(41(5,6)52-42)11-8-26(2)14-19-46-38-27-9-12-37(43)48-33(27)23-31-29(38)16-21-44-31/h2*9,12-18,21-24,35-36H,7-8,10-11,19-20H2,1-6H3/b2*25-15+,26-14+/t2*35?,36?,42-/m10/s1. The van der Waals surface area contributed by atoms with Crippen LogP contribution in [0.25, 0.3) is 78.0 Å². The molecule has 4 aromatic carbocycles. The van der Waals surface area contributed by atoms with Crippen molar-refractivity contribution in [1.29, 1.82) is 0 Å². The molecule has 20 heteroatoms. The van der Waals surface area contributed by atoms with Gasteiger partial charge in [-0.15, -0.1) is 0 Å². The van der Waals surface area contributed by atoms with Crippen molar-refractivity contribution < 1.29 is 83.3 Å². The summed E-state index contributed by atoms with van der Waals surface area (Å²) in [6.07, 6.45) is 29.4. The van der Waals surface area contributed by atoms with Gasteiger partial charge in [0.1, 0.15) is 94.4 Å². The van der Waals surface area contributed by atoms with E-state index in [2.05, 4.69) is 67.5 Å². The summed E-state index contributed by atoms with van der Waals surface area (Å²) in [6.45, 7) is 26.5. The lowest BCUT2D eigenvalue weighted by atomic mass is 9.96. The molecule has 0 N–H and O–H groups in total. The number of ether oxygens (including phenoxy) is 12. The van der Waals surface area contributed by atoms with Gasteiger partial charge in [-0.1, -0.05) is 22.3 Å². The molecule has 104 heavy (non-hydrogen) atoms. The first-order valence-corrected chi connectivity index (χ1v) is 35.8. The van der Waals surface area contributed by atoms with Crippen LogP contribution < -0.4 is 39.7 Å². The monoisotopic (exact) mass is 1420 g/mol. The van der Waals surface area contributed by atoms with E-state index in [0.717, 1.165) is 82.3 Å². The van der Waals surface area contributed by atoms with Crippen LogP contribution >= 0.6 is 0 Å². The second-order valence-electron chi connectivity index (χ2n) is 30.0. The Kier molecular flexibility index (Phi) is 18.5. The Morgan fingerprint density at radius 1 is 0.375 bits per heavy atom. The fourth-order valence-corrected chi connectivity index (χ4v) is 14.3. The van der Waals surface area contributed by atoms with Gasteiger partial charge >= 0.3 is 23.2 Å². The largest absolute Gasteiger partial charge is 0.488 e.